The average molecular weight is 345 g/mol. The molecule has 0 heterocycles. The molecule has 0 amide bonds. The van der Waals surface area contributed by atoms with Crippen molar-refractivity contribution in [3.05, 3.63) is 82.9 Å². The number of esters is 1. The number of aliphatic carboxylic acids is 1. The van der Waals surface area contributed by atoms with Crippen LogP contribution in [0.3, 0.4) is 0 Å². The van der Waals surface area contributed by atoms with Crippen LogP contribution in [0.1, 0.15) is 11.1 Å². The second kappa shape index (κ2) is 8.31. The maximum Gasteiger partial charge on any atom is 0.334 e. The van der Waals surface area contributed by atoms with E-state index in [9.17, 15) is 14.7 Å². The van der Waals surface area contributed by atoms with E-state index in [1.165, 1.54) is 0 Å². The summed E-state index contributed by atoms with van der Waals surface area (Å²) in [6, 6.07) is 16.1. The molecule has 5 heteroatoms. The standard InChI is InChI=1S/C19H17ClO4/c1-13(19(23)24-12-14-7-3-2-4-8-14)16(18(21)22)11-15-9-5-6-10-17(15)20/h2-10,16H,1,11-12H2,(H,21,22). The van der Waals surface area contributed by atoms with E-state index in [1.807, 2.05) is 30.3 Å². The molecule has 1 atom stereocenters. The molecule has 0 aliphatic rings. The second-order valence-corrected chi connectivity index (χ2v) is 5.68. The van der Waals surface area contributed by atoms with Crippen LogP contribution >= 0.6 is 11.6 Å². The van der Waals surface area contributed by atoms with Crippen molar-refractivity contribution < 1.29 is 19.4 Å². The molecule has 2 aromatic rings. The summed E-state index contributed by atoms with van der Waals surface area (Å²) in [5, 5.41) is 9.87. The van der Waals surface area contributed by atoms with E-state index >= 15 is 0 Å². The molecular formula is C19H17ClO4. The SMILES string of the molecule is C=C(C(=O)OCc1ccccc1)C(Cc1ccccc1Cl)C(=O)O. The minimum Gasteiger partial charge on any atom is -0.481 e. The topological polar surface area (TPSA) is 63.6 Å². The first-order chi connectivity index (χ1) is 11.5. The van der Waals surface area contributed by atoms with Crippen LogP contribution in [0.5, 0.6) is 0 Å². The van der Waals surface area contributed by atoms with Gasteiger partial charge in [0.2, 0.25) is 0 Å². The van der Waals surface area contributed by atoms with Crippen LogP contribution in [-0.4, -0.2) is 17.0 Å². The number of halogens is 1. The Morgan fingerprint density at radius 1 is 1.08 bits per heavy atom. The van der Waals surface area contributed by atoms with Gasteiger partial charge in [0.25, 0.3) is 0 Å². The van der Waals surface area contributed by atoms with Gasteiger partial charge in [-0.15, -0.1) is 0 Å². The summed E-state index contributed by atoms with van der Waals surface area (Å²) in [5.74, 6) is -2.96. The van der Waals surface area contributed by atoms with Gasteiger partial charge in [-0.2, -0.15) is 0 Å². The lowest BCUT2D eigenvalue weighted by molar-refractivity contribution is -0.146. The van der Waals surface area contributed by atoms with Gasteiger partial charge in [-0.25, -0.2) is 4.79 Å². The van der Waals surface area contributed by atoms with Gasteiger partial charge in [0, 0.05) is 10.6 Å². The van der Waals surface area contributed by atoms with Crippen LogP contribution in [0, 0.1) is 5.92 Å². The summed E-state index contributed by atoms with van der Waals surface area (Å²) in [7, 11) is 0. The Bertz CT molecular complexity index is 740. The van der Waals surface area contributed by atoms with Gasteiger partial charge in [0.05, 0.1) is 5.92 Å². The third-order valence-corrected chi connectivity index (χ3v) is 3.94. The highest BCUT2D eigenvalue weighted by Gasteiger charge is 2.27. The summed E-state index contributed by atoms with van der Waals surface area (Å²) in [6.07, 6.45) is 0.0777. The Labute approximate surface area is 145 Å². The molecule has 0 saturated carbocycles. The fourth-order valence-electron chi connectivity index (χ4n) is 2.20. The molecule has 0 aliphatic carbocycles. The predicted octanol–water partition coefficient (Wildman–Crippen LogP) is 3.88. The molecule has 0 aromatic heterocycles. The van der Waals surface area contributed by atoms with Crippen molar-refractivity contribution in [2.75, 3.05) is 0 Å². The molecule has 1 N–H and O–H groups in total. The van der Waals surface area contributed by atoms with Crippen LogP contribution in [0.2, 0.25) is 5.02 Å². The maximum absolute atomic E-state index is 12.1. The minimum atomic E-state index is -1.14. The zero-order chi connectivity index (χ0) is 17.5. The van der Waals surface area contributed by atoms with Gasteiger partial charge in [0.1, 0.15) is 6.61 Å². The molecule has 0 bridgehead atoms. The molecule has 24 heavy (non-hydrogen) atoms. The van der Waals surface area contributed by atoms with E-state index < -0.39 is 17.9 Å². The van der Waals surface area contributed by atoms with E-state index in [0.29, 0.717) is 10.6 Å². The number of benzene rings is 2. The fraction of sp³-hybridized carbons (Fsp3) is 0.158. The summed E-state index contributed by atoms with van der Waals surface area (Å²) in [4.78, 5) is 23.6. The molecule has 2 aromatic carbocycles. The largest absolute Gasteiger partial charge is 0.481 e. The van der Waals surface area contributed by atoms with Crippen molar-refractivity contribution in [1.82, 2.24) is 0 Å². The van der Waals surface area contributed by atoms with Gasteiger partial charge in [-0.05, 0) is 23.6 Å². The van der Waals surface area contributed by atoms with Gasteiger partial charge < -0.3 is 9.84 Å². The number of rotatable bonds is 7. The molecule has 1 unspecified atom stereocenters. The lowest BCUT2D eigenvalue weighted by Crippen LogP contribution is -2.24. The normalized spacial score (nSPS) is 11.5. The average Bonchev–Trinajstić information content (AvgIpc) is 2.59. The molecule has 2 rings (SSSR count). The number of ether oxygens (including phenoxy) is 1. The van der Waals surface area contributed by atoms with Crippen LogP contribution in [0.4, 0.5) is 0 Å². The molecule has 0 radical (unpaired) electrons. The first-order valence-electron chi connectivity index (χ1n) is 7.35. The Morgan fingerprint density at radius 3 is 2.33 bits per heavy atom. The number of carbonyl (C=O) groups is 2. The van der Waals surface area contributed by atoms with Crippen molar-refractivity contribution in [1.29, 1.82) is 0 Å². The number of carbonyl (C=O) groups excluding carboxylic acids is 1. The summed E-state index contributed by atoms with van der Waals surface area (Å²) in [5.41, 5.74) is 1.36. The molecule has 0 saturated heterocycles. The minimum absolute atomic E-state index is 0.0666. The van der Waals surface area contributed by atoms with Crippen LogP contribution < -0.4 is 0 Å². The predicted molar refractivity (Wildman–Crippen MR) is 91.7 cm³/mol. The quantitative estimate of drug-likeness (QED) is 0.611. The molecule has 0 spiro atoms. The Hall–Kier alpha value is -2.59. The van der Waals surface area contributed by atoms with E-state index in [2.05, 4.69) is 6.58 Å². The van der Waals surface area contributed by atoms with Crippen molar-refractivity contribution in [2.24, 2.45) is 5.92 Å². The van der Waals surface area contributed by atoms with Crippen LogP contribution in [0.25, 0.3) is 0 Å². The molecule has 0 aliphatic heterocycles. The summed E-state index contributed by atoms with van der Waals surface area (Å²) < 4.78 is 5.15. The van der Waals surface area contributed by atoms with Crippen molar-refractivity contribution in [3.8, 4) is 0 Å². The summed E-state index contributed by atoms with van der Waals surface area (Å²) in [6.45, 7) is 3.68. The lowest BCUT2D eigenvalue weighted by atomic mass is 9.92. The highest BCUT2D eigenvalue weighted by molar-refractivity contribution is 6.31. The molecule has 124 valence electrons. The van der Waals surface area contributed by atoms with Crippen LogP contribution in [-0.2, 0) is 27.4 Å². The third-order valence-electron chi connectivity index (χ3n) is 3.58. The highest BCUT2D eigenvalue weighted by atomic mass is 35.5. The summed E-state index contributed by atoms with van der Waals surface area (Å²) >= 11 is 6.06. The van der Waals surface area contributed by atoms with Gasteiger partial charge in [0.15, 0.2) is 0 Å². The van der Waals surface area contributed by atoms with Gasteiger partial charge >= 0.3 is 11.9 Å². The second-order valence-electron chi connectivity index (χ2n) is 5.27. The van der Waals surface area contributed by atoms with Crippen molar-refractivity contribution in [2.45, 2.75) is 13.0 Å². The first-order valence-corrected chi connectivity index (χ1v) is 7.73. The highest BCUT2D eigenvalue weighted by Crippen LogP contribution is 2.23. The Morgan fingerprint density at radius 2 is 1.71 bits per heavy atom. The Kier molecular flexibility index (Phi) is 6.15. The number of hydrogen-bond donors (Lipinski definition) is 1. The van der Waals surface area contributed by atoms with Gasteiger partial charge in [-0.3, -0.25) is 4.79 Å². The van der Waals surface area contributed by atoms with Gasteiger partial charge in [-0.1, -0.05) is 66.7 Å². The monoisotopic (exact) mass is 344 g/mol. The van der Waals surface area contributed by atoms with E-state index in [4.69, 9.17) is 16.3 Å². The van der Waals surface area contributed by atoms with Crippen molar-refractivity contribution in [3.63, 3.8) is 0 Å². The smallest absolute Gasteiger partial charge is 0.334 e. The van der Waals surface area contributed by atoms with E-state index in [1.54, 1.807) is 24.3 Å². The Balaban J connectivity index is 2.04. The maximum atomic E-state index is 12.1. The van der Waals surface area contributed by atoms with Crippen molar-refractivity contribution >= 4 is 23.5 Å². The zero-order valence-electron chi connectivity index (χ0n) is 12.9. The van der Waals surface area contributed by atoms with E-state index in [-0.39, 0.29) is 18.6 Å². The molecular weight excluding hydrogens is 328 g/mol. The lowest BCUT2D eigenvalue weighted by Gasteiger charge is -2.15. The number of carboxylic acid groups (broad SMARTS) is 1. The number of carboxylic acids is 1. The molecule has 0 fully saturated rings. The van der Waals surface area contributed by atoms with Crippen LogP contribution in [0.15, 0.2) is 66.7 Å². The zero-order valence-corrected chi connectivity index (χ0v) is 13.7. The first kappa shape index (κ1) is 17.8. The fourth-order valence-corrected chi connectivity index (χ4v) is 2.41. The van der Waals surface area contributed by atoms with E-state index in [0.717, 1.165) is 5.56 Å². The number of hydrogen-bond acceptors (Lipinski definition) is 3. The third kappa shape index (κ3) is 4.70. The molecule has 4 nitrogen and oxygen atoms in total.